The first-order valence-electron chi connectivity index (χ1n) is 27.9. The number of aliphatic hydroxyl groups is 3. The quantitative estimate of drug-likeness (QED) is 0.0196. The van der Waals surface area contributed by atoms with E-state index in [0.717, 1.165) is 57.8 Å². The summed E-state index contributed by atoms with van der Waals surface area (Å²) in [5.74, 6) is -1.98. The molecule has 2 unspecified atom stereocenters. The third kappa shape index (κ3) is 38.8. The largest absolute Gasteiger partial charge is 0.462 e. The van der Waals surface area contributed by atoms with Crippen LogP contribution in [0.5, 0.6) is 0 Å². The number of aliphatic hydroxyl groups excluding tert-OH is 3. The van der Waals surface area contributed by atoms with Gasteiger partial charge < -0.3 is 34.3 Å². The molecule has 1 fully saturated rings. The van der Waals surface area contributed by atoms with Gasteiger partial charge in [-0.3, -0.25) is 14.1 Å². The molecule has 6 atom stereocenters. The van der Waals surface area contributed by atoms with Crippen LogP contribution in [-0.4, -0.2) is 96.0 Å². The van der Waals surface area contributed by atoms with Gasteiger partial charge in [0, 0.05) is 12.8 Å². The summed E-state index contributed by atoms with van der Waals surface area (Å²) in [6, 6.07) is 0. The Hall–Kier alpha value is -1.87. The normalized spacial score (nSPS) is 19.3. The molecule has 0 aromatic heterocycles. The first-order valence-corrected chi connectivity index (χ1v) is 29.5. The molecule has 0 bridgehead atoms. The third-order valence-corrected chi connectivity index (χ3v) is 13.8. The number of rotatable bonds is 48. The average Bonchev–Trinajstić information content (AvgIpc) is 3.31. The summed E-state index contributed by atoms with van der Waals surface area (Å²) in [7, 11) is -4.61. The van der Waals surface area contributed by atoms with E-state index in [2.05, 4.69) is 38.2 Å². The minimum Gasteiger partial charge on any atom is -0.462 e. The second-order valence-electron chi connectivity index (χ2n) is 19.6. The van der Waals surface area contributed by atoms with Crippen LogP contribution in [0.3, 0.4) is 0 Å². The van der Waals surface area contributed by atoms with Crippen molar-refractivity contribution in [2.45, 2.75) is 295 Å². The van der Waals surface area contributed by atoms with E-state index >= 15 is 0 Å². The molecule has 0 spiro atoms. The number of hydrogen-bond donors (Lipinski definition) is 4. The van der Waals surface area contributed by atoms with Crippen LogP contribution in [0.1, 0.15) is 258 Å². The van der Waals surface area contributed by atoms with Crippen molar-refractivity contribution in [1.82, 2.24) is 0 Å². The molecule has 0 aromatic carbocycles. The molecular weight excluding hydrogens is 885 g/mol. The highest BCUT2D eigenvalue weighted by Crippen LogP contribution is 2.24. The fourth-order valence-electron chi connectivity index (χ4n) is 8.71. The maximum atomic E-state index is 12.9. The van der Waals surface area contributed by atoms with E-state index in [9.17, 15) is 37.9 Å². The molecule has 0 aromatic rings. The first-order chi connectivity index (χ1) is 33.0. The molecule has 0 saturated carbocycles. The molecule has 0 radical (unpaired) electrons. The lowest BCUT2D eigenvalue weighted by molar-refractivity contribution is -0.297. The predicted molar refractivity (Wildman–Crippen MR) is 275 cm³/mol. The Bertz CT molecular complexity index is 1340. The number of unbranched alkanes of at least 4 members (excludes halogenated alkanes) is 32. The first kappa shape index (κ1) is 64.1. The van der Waals surface area contributed by atoms with Crippen molar-refractivity contribution in [3.05, 3.63) is 24.3 Å². The smallest absolute Gasteiger partial charge is 0.306 e. The van der Waals surface area contributed by atoms with E-state index in [-0.39, 0.29) is 19.4 Å². The molecule has 1 rings (SSSR count). The van der Waals surface area contributed by atoms with Gasteiger partial charge in [-0.25, -0.2) is 0 Å². The van der Waals surface area contributed by atoms with Gasteiger partial charge in [0.2, 0.25) is 0 Å². The van der Waals surface area contributed by atoms with Gasteiger partial charge in [0.05, 0.1) is 6.61 Å². The lowest BCUT2D eigenvalue weighted by Gasteiger charge is -2.40. The van der Waals surface area contributed by atoms with Gasteiger partial charge in [-0.05, 0) is 44.9 Å². The van der Waals surface area contributed by atoms with Crippen LogP contribution < -0.4 is 0 Å². The van der Waals surface area contributed by atoms with Gasteiger partial charge in [0.25, 0.3) is 10.1 Å². The zero-order valence-corrected chi connectivity index (χ0v) is 44.0. The number of ether oxygens (including phenoxy) is 4. The maximum absolute atomic E-state index is 12.9. The van der Waals surface area contributed by atoms with Crippen molar-refractivity contribution in [2.75, 3.05) is 19.0 Å². The van der Waals surface area contributed by atoms with Crippen molar-refractivity contribution in [3.8, 4) is 0 Å². The second-order valence-corrected chi connectivity index (χ2v) is 21.1. The summed E-state index contributed by atoms with van der Waals surface area (Å²) >= 11 is 0. The van der Waals surface area contributed by atoms with Crippen molar-refractivity contribution >= 4 is 22.1 Å². The summed E-state index contributed by atoms with van der Waals surface area (Å²) in [5.41, 5.74) is 0. The Morgan fingerprint density at radius 1 is 0.500 bits per heavy atom. The molecular formula is C55H102O12S. The maximum Gasteiger partial charge on any atom is 0.306 e. The summed E-state index contributed by atoms with van der Waals surface area (Å²) in [4.78, 5) is 25.6. The van der Waals surface area contributed by atoms with Gasteiger partial charge in [-0.2, -0.15) is 8.42 Å². The Balaban J connectivity index is 2.31. The molecule has 0 amide bonds. The highest BCUT2D eigenvalue weighted by Gasteiger charge is 2.46. The fourth-order valence-corrected chi connectivity index (χ4v) is 9.40. The summed E-state index contributed by atoms with van der Waals surface area (Å²) < 4.78 is 54.3. The number of hydrogen-bond acceptors (Lipinski definition) is 11. The highest BCUT2D eigenvalue weighted by molar-refractivity contribution is 7.85. The van der Waals surface area contributed by atoms with Crippen LogP contribution in [0.4, 0.5) is 0 Å². The van der Waals surface area contributed by atoms with E-state index in [1.165, 1.54) is 161 Å². The van der Waals surface area contributed by atoms with E-state index in [1.54, 1.807) is 0 Å². The van der Waals surface area contributed by atoms with Gasteiger partial charge in [-0.15, -0.1) is 0 Å². The molecule has 13 heteroatoms. The summed E-state index contributed by atoms with van der Waals surface area (Å²) in [6.07, 6.45) is 43.6. The molecule has 1 aliphatic rings. The molecule has 1 saturated heterocycles. The van der Waals surface area contributed by atoms with E-state index in [4.69, 9.17) is 18.9 Å². The molecule has 68 heavy (non-hydrogen) atoms. The van der Waals surface area contributed by atoms with Crippen LogP contribution in [0.15, 0.2) is 24.3 Å². The van der Waals surface area contributed by atoms with Crippen LogP contribution in [0.2, 0.25) is 0 Å². The second kappa shape index (κ2) is 45.0. The van der Waals surface area contributed by atoms with E-state index < -0.39 is 71.2 Å². The average molecular weight is 987 g/mol. The number of allylic oxidation sites excluding steroid dienone is 4. The van der Waals surface area contributed by atoms with Crippen molar-refractivity contribution in [1.29, 1.82) is 0 Å². The number of carbonyl (C=O) groups is 2. The predicted octanol–water partition coefficient (Wildman–Crippen LogP) is 13.1. The standard InChI is InChI=1S/C55H102O12S/c1-3-5-7-9-11-13-15-17-19-21-22-23-24-25-26-28-30-32-34-36-38-40-42-44-51(57)66-48(46-65-55-54(60)53(59)52(58)49(67-55)47-68(61,62)63)45-64-50(56)43-41-39-37-35-33-31-29-27-20-18-16-14-12-10-8-6-4-2/h12,14,18,20,48-49,52-55,58-60H,3-11,13,15-17,19,21-47H2,1-2H3,(H,61,62,63)/b14-12+,20-18+/t48-,49-,52-,53?,54?,55+/m1/s1. The zero-order chi connectivity index (χ0) is 49.8. The highest BCUT2D eigenvalue weighted by atomic mass is 32.2. The Kier molecular flexibility index (Phi) is 42.5. The monoisotopic (exact) mass is 987 g/mol. The minimum absolute atomic E-state index is 0.168. The fraction of sp³-hybridized carbons (Fsp3) is 0.891. The van der Waals surface area contributed by atoms with Crippen molar-refractivity contribution < 1.29 is 56.8 Å². The molecule has 1 aliphatic heterocycles. The van der Waals surface area contributed by atoms with Crippen LogP contribution >= 0.6 is 0 Å². The zero-order valence-electron chi connectivity index (χ0n) is 43.2. The number of carbonyl (C=O) groups excluding carboxylic acids is 2. The Morgan fingerprint density at radius 2 is 0.882 bits per heavy atom. The summed E-state index contributed by atoms with van der Waals surface area (Å²) in [6.45, 7) is 3.78. The van der Waals surface area contributed by atoms with E-state index in [0.29, 0.717) is 12.8 Å². The molecule has 12 nitrogen and oxygen atoms in total. The Morgan fingerprint density at radius 3 is 1.32 bits per heavy atom. The molecule has 1 heterocycles. The van der Waals surface area contributed by atoms with Gasteiger partial charge >= 0.3 is 11.9 Å². The molecule has 4 N–H and O–H groups in total. The minimum atomic E-state index is -4.61. The van der Waals surface area contributed by atoms with Gasteiger partial charge in [0.1, 0.15) is 36.8 Å². The lowest BCUT2D eigenvalue weighted by Crippen LogP contribution is -2.60. The van der Waals surface area contributed by atoms with Gasteiger partial charge in [-0.1, -0.05) is 224 Å². The van der Waals surface area contributed by atoms with Crippen molar-refractivity contribution in [2.24, 2.45) is 0 Å². The van der Waals surface area contributed by atoms with Gasteiger partial charge in [0.15, 0.2) is 12.4 Å². The van der Waals surface area contributed by atoms with E-state index in [1.807, 2.05) is 0 Å². The lowest BCUT2D eigenvalue weighted by atomic mass is 10.00. The topological polar surface area (TPSA) is 186 Å². The third-order valence-electron chi connectivity index (χ3n) is 13.0. The molecule has 400 valence electrons. The molecule has 0 aliphatic carbocycles. The van der Waals surface area contributed by atoms with Crippen molar-refractivity contribution in [3.63, 3.8) is 0 Å². The SMILES string of the molecule is CCCCC/C=C/C/C=C/CCCCCCCCCC(=O)OC[C@H](CO[C@H]1O[C@H](CS(=O)(=O)O)[C@@H](O)C(O)C1O)OC(=O)CCCCCCCCCCCCCCCCCCCCCCCCC. The van der Waals surface area contributed by atoms with Crippen LogP contribution in [-0.2, 0) is 38.7 Å². The van der Waals surface area contributed by atoms with Crippen LogP contribution in [0.25, 0.3) is 0 Å². The summed E-state index contributed by atoms with van der Waals surface area (Å²) in [5, 5.41) is 31.0. The Labute approximate surface area is 415 Å². The van der Waals surface area contributed by atoms with Crippen LogP contribution in [0, 0.1) is 0 Å². The number of esters is 2.